The van der Waals surface area contributed by atoms with Crippen molar-refractivity contribution in [3.8, 4) is 11.1 Å². The Morgan fingerprint density at radius 2 is 1.79 bits per heavy atom. The van der Waals surface area contributed by atoms with E-state index in [9.17, 15) is 4.39 Å². The molecular formula is C11H9FN2. The summed E-state index contributed by atoms with van der Waals surface area (Å²) in [5, 5.41) is 0. The summed E-state index contributed by atoms with van der Waals surface area (Å²) in [5.74, 6) is 0. The van der Waals surface area contributed by atoms with Crippen LogP contribution in [0.5, 0.6) is 0 Å². The molecular weight excluding hydrogens is 179 g/mol. The van der Waals surface area contributed by atoms with Gasteiger partial charge in [0.1, 0.15) is 13.0 Å². The van der Waals surface area contributed by atoms with Gasteiger partial charge in [0.2, 0.25) is 0 Å². The Kier molecular flexibility index (Phi) is 2.49. The largest absolute Gasteiger partial charge is 0.246 e. The molecule has 0 saturated carbocycles. The van der Waals surface area contributed by atoms with Crippen LogP contribution in [0.2, 0.25) is 0 Å². The van der Waals surface area contributed by atoms with Gasteiger partial charge in [-0.25, -0.2) is 14.4 Å². The van der Waals surface area contributed by atoms with Crippen LogP contribution in [-0.2, 0) is 6.67 Å². The van der Waals surface area contributed by atoms with Gasteiger partial charge in [0.25, 0.3) is 0 Å². The number of nitrogens with zero attached hydrogens (tertiary/aromatic N) is 2. The smallest absolute Gasteiger partial charge is 0.115 e. The molecule has 3 heteroatoms. The fourth-order valence-electron chi connectivity index (χ4n) is 1.36. The first-order valence-corrected chi connectivity index (χ1v) is 4.31. The Balaban J connectivity index is 2.51. The van der Waals surface area contributed by atoms with Crippen molar-refractivity contribution >= 4 is 0 Å². The third kappa shape index (κ3) is 1.62. The van der Waals surface area contributed by atoms with Crippen molar-refractivity contribution in [3.05, 3.63) is 48.5 Å². The van der Waals surface area contributed by atoms with Gasteiger partial charge in [-0.1, -0.05) is 24.3 Å². The number of aromatic nitrogens is 2. The maximum Gasteiger partial charge on any atom is 0.115 e. The van der Waals surface area contributed by atoms with Crippen LogP contribution in [0.4, 0.5) is 4.39 Å². The van der Waals surface area contributed by atoms with Crippen LogP contribution in [-0.4, -0.2) is 9.97 Å². The number of rotatable bonds is 2. The van der Waals surface area contributed by atoms with E-state index in [4.69, 9.17) is 0 Å². The molecule has 0 radical (unpaired) electrons. The van der Waals surface area contributed by atoms with E-state index in [-0.39, 0.29) is 0 Å². The Morgan fingerprint density at radius 1 is 1.07 bits per heavy atom. The lowest BCUT2D eigenvalue weighted by atomic mass is 10.0. The van der Waals surface area contributed by atoms with Crippen molar-refractivity contribution in [1.29, 1.82) is 0 Å². The minimum absolute atomic E-state index is 0.467. The standard InChI is InChI=1S/C11H9FN2/c12-5-9-3-1-2-4-11(9)10-6-13-8-14-7-10/h1-4,6-8H,5H2. The number of hydrogen-bond acceptors (Lipinski definition) is 2. The van der Waals surface area contributed by atoms with Crippen molar-refractivity contribution < 1.29 is 4.39 Å². The highest BCUT2D eigenvalue weighted by molar-refractivity contribution is 5.65. The molecule has 0 aliphatic carbocycles. The zero-order valence-electron chi connectivity index (χ0n) is 7.52. The van der Waals surface area contributed by atoms with Gasteiger partial charge >= 0.3 is 0 Å². The normalized spacial score (nSPS) is 10.1. The summed E-state index contributed by atoms with van der Waals surface area (Å²) in [4.78, 5) is 7.81. The first-order chi connectivity index (χ1) is 6.92. The highest BCUT2D eigenvalue weighted by Crippen LogP contribution is 2.22. The second-order valence-corrected chi connectivity index (χ2v) is 2.92. The molecule has 0 spiro atoms. The summed E-state index contributed by atoms with van der Waals surface area (Å²) in [6.07, 6.45) is 4.82. The third-order valence-electron chi connectivity index (χ3n) is 2.03. The van der Waals surface area contributed by atoms with Gasteiger partial charge in [-0.15, -0.1) is 0 Å². The minimum Gasteiger partial charge on any atom is -0.246 e. The van der Waals surface area contributed by atoms with Gasteiger partial charge in [-0.2, -0.15) is 0 Å². The van der Waals surface area contributed by atoms with Crippen LogP contribution >= 0.6 is 0 Å². The molecule has 0 N–H and O–H groups in total. The van der Waals surface area contributed by atoms with Gasteiger partial charge < -0.3 is 0 Å². The Hall–Kier alpha value is -1.77. The van der Waals surface area contributed by atoms with Gasteiger partial charge in [-0.05, 0) is 11.1 Å². The molecule has 0 aliphatic rings. The molecule has 0 bridgehead atoms. The van der Waals surface area contributed by atoms with E-state index in [0.29, 0.717) is 5.56 Å². The second kappa shape index (κ2) is 3.96. The zero-order valence-corrected chi connectivity index (χ0v) is 7.52. The molecule has 70 valence electrons. The maximum absolute atomic E-state index is 12.6. The van der Waals surface area contributed by atoms with Crippen molar-refractivity contribution in [2.24, 2.45) is 0 Å². The summed E-state index contributed by atoms with van der Waals surface area (Å²) in [7, 11) is 0. The second-order valence-electron chi connectivity index (χ2n) is 2.92. The Bertz CT molecular complexity index is 415. The summed E-state index contributed by atoms with van der Waals surface area (Å²) < 4.78 is 12.6. The van der Waals surface area contributed by atoms with E-state index in [1.165, 1.54) is 6.33 Å². The molecule has 1 aromatic carbocycles. The lowest BCUT2D eigenvalue weighted by molar-refractivity contribution is 0.486. The minimum atomic E-state index is -0.467. The molecule has 0 atom stereocenters. The average Bonchev–Trinajstić information content (AvgIpc) is 2.30. The van der Waals surface area contributed by atoms with E-state index in [1.807, 2.05) is 18.2 Å². The van der Waals surface area contributed by atoms with E-state index in [0.717, 1.165) is 11.1 Å². The Morgan fingerprint density at radius 3 is 2.50 bits per heavy atom. The Labute approximate surface area is 81.5 Å². The number of benzene rings is 1. The van der Waals surface area contributed by atoms with Gasteiger partial charge in [0, 0.05) is 18.0 Å². The van der Waals surface area contributed by atoms with Crippen LogP contribution in [0.25, 0.3) is 11.1 Å². The van der Waals surface area contributed by atoms with Crippen LogP contribution in [0, 0.1) is 0 Å². The van der Waals surface area contributed by atoms with E-state index in [1.54, 1.807) is 18.5 Å². The molecule has 1 heterocycles. The number of alkyl halides is 1. The predicted octanol–water partition coefficient (Wildman–Crippen LogP) is 2.61. The highest BCUT2D eigenvalue weighted by atomic mass is 19.1. The predicted molar refractivity (Wildman–Crippen MR) is 52.3 cm³/mol. The average molecular weight is 188 g/mol. The molecule has 0 saturated heterocycles. The molecule has 1 aromatic heterocycles. The SMILES string of the molecule is FCc1ccccc1-c1cncnc1. The topological polar surface area (TPSA) is 25.8 Å². The first-order valence-electron chi connectivity index (χ1n) is 4.31. The van der Waals surface area contributed by atoms with Crippen LogP contribution in [0.1, 0.15) is 5.56 Å². The zero-order chi connectivity index (χ0) is 9.80. The molecule has 0 aliphatic heterocycles. The monoisotopic (exact) mass is 188 g/mol. The van der Waals surface area contributed by atoms with E-state index >= 15 is 0 Å². The van der Waals surface area contributed by atoms with Crippen molar-refractivity contribution in [2.45, 2.75) is 6.67 Å². The summed E-state index contributed by atoms with van der Waals surface area (Å²) in [6, 6.07) is 7.33. The van der Waals surface area contributed by atoms with Crippen LogP contribution < -0.4 is 0 Å². The number of hydrogen-bond donors (Lipinski definition) is 0. The molecule has 2 aromatic rings. The first kappa shape index (κ1) is 8.81. The molecule has 14 heavy (non-hydrogen) atoms. The third-order valence-corrected chi connectivity index (χ3v) is 2.03. The summed E-state index contributed by atoms with van der Waals surface area (Å²) in [6.45, 7) is -0.467. The maximum atomic E-state index is 12.6. The molecule has 0 unspecified atom stereocenters. The summed E-state index contributed by atoms with van der Waals surface area (Å²) in [5.41, 5.74) is 2.37. The van der Waals surface area contributed by atoms with Crippen LogP contribution in [0.3, 0.4) is 0 Å². The molecule has 2 nitrogen and oxygen atoms in total. The molecule has 2 rings (SSSR count). The summed E-state index contributed by atoms with van der Waals surface area (Å²) >= 11 is 0. The molecule has 0 amide bonds. The van der Waals surface area contributed by atoms with Crippen molar-refractivity contribution in [3.63, 3.8) is 0 Å². The molecule has 0 fully saturated rings. The number of halogens is 1. The van der Waals surface area contributed by atoms with Gasteiger partial charge in [0.15, 0.2) is 0 Å². The van der Waals surface area contributed by atoms with Gasteiger partial charge in [0.05, 0.1) is 0 Å². The highest BCUT2D eigenvalue weighted by Gasteiger charge is 2.03. The lowest BCUT2D eigenvalue weighted by Crippen LogP contribution is -1.87. The van der Waals surface area contributed by atoms with Crippen molar-refractivity contribution in [1.82, 2.24) is 9.97 Å². The fraction of sp³-hybridized carbons (Fsp3) is 0.0909. The lowest BCUT2D eigenvalue weighted by Gasteiger charge is -2.04. The van der Waals surface area contributed by atoms with Crippen LogP contribution in [0.15, 0.2) is 43.0 Å². The van der Waals surface area contributed by atoms with Crippen molar-refractivity contribution in [2.75, 3.05) is 0 Å². The van der Waals surface area contributed by atoms with E-state index in [2.05, 4.69) is 9.97 Å². The van der Waals surface area contributed by atoms with Gasteiger partial charge in [-0.3, -0.25) is 0 Å². The van der Waals surface area contributed by atoms with E-state index < -0.39 is 6.67 Å². The quantitative estimate of drug-likeness (QED) is 0.724. The fourth-order valence-corrected chi connectivity index (χ4v) is 1.36.